The van der Waals surface area contributed by atoms with Crippen molar-refractivity contribution in [2.45, 2.75) is 63.3 Å². The van der Waals surface area contributed by atoms with Crippen molar-refractivity contribution in [2.75, 3.05) is 28.4 Å². The summed E-state index contributed by atoms with van der Waals surface area (Å²) in [5.41, 5.74) is -1.50. The Morgan fingerprint density at radius 3 is 0.909 bits per heavy atom. The van der Waals surface area contributed by atoms with Gasteiger partial charge in [0.15, 0.2) is 0 Å². The van der Waals surface area contributed by atoms with Gasteiger partial charge in [0, 0.05) is 22.7 Å². The minimum atomic E-state index is -3.64. The Kier molecular flexibility index (Phi) is 19.5. The summed E-state index contributed by atoms with van der Waals surface area (Å²) in [4.78, 5) is 81.5. The summed E-state index contributed by atoms with van der Waals surface area (Å²) >= 11 is 7.39. The number of rotatable bonds is 22. The van der Waals surface area contributed by atoms with Crippen LogP contribution < -0.4 is 37.9 Å². The van der Waals surface area contributed by atoms with Crippen LogP contribution in [0.3, 0.4) is 0 Å². The van der Waals surface area contributed by atoms with Gasteiger partial charge in [-0.2, -0.15) is 0 Å². The van der Waals surface area contributed by atoms with Crippen LogP contribution >= 0.6 is 31.9 Å². The van der Waals surface area contributed by atoms with Gasteiger partial charge in [0.25, 0.3) is 0 Å². The number of carbonyl (C=O) groups excluding carboxylic acids is 6. The number of carbonyl (C=O) groups is 6. The molecule has 6 aromatic carbocycles. The van der Waals surface area contributed by atoms with Gasteiger partial charge in [0.2, 0.25) is 0 Å². The number of methoxy groups -OCH3 is 4. The van der Waals surface area contributed by atoms with Crippen molar-refractivity contribution in [3.8, 4) is 46.0 Å². The lowest BCUT2D eigenvalue weighted by atomic mass is 9.85. The van der Waals surface area contributed by atoms with E-state index in [0.29, 0.717) is 34.1 Å². The van der Waals surface area contributed by atoms with Crippen LogP contribution in [0.4, 0.5) is 0 Å². The van der Waals surface area contributed by atoms with E-state index in [2.05, 4.69) is 31.9 Å². The molecule has 0 radical (unpaired) electrons. The Morgan fingerprint density at radius 1 is 0.403 bits per heavy atom. The molecule has 404 valence electrons. The molecule has 0 fully saturated rings. The molecule has 0 aliphatic rings. The largest absolute Gasteiger partial charge is 0.497 e. The molecule has 19 heteroatoms. The van der Waals surface area contributed by atoms with Crippen molar-refractivity contribution in [1.29, 1.82) is 0 Å². The molecule has 0 bridgehead atoms. The Bertz CT molecular complexity index is 2880. The maximum absolute atomic E-state index is 14.2. The first-order chi connectivity index (χ1) is 36.4. The summed E-state index contributed by atoms with van der Waals surface area (Å²) in [6.07, 6.45) is 0.0491. The van der Waals surface area contributed by atoms with Crippen molar-refractivity contribution >= 4 is 76.2 Å². The van der Waals surface area contributed by atoms with E-state index < -0.39 is 64.9 Å². The van der Waals surface area contributed by atoms with Crippen molar-refractivity contribution in [1.82, 2.24) is 0 Å². The van der Waals surface area contributed by atoms with Gasteiger partial charge in [-0.15, -0.1) is 0 Å². The van der Waals surface area contributed by atoms with Gasteiger partial charge in [-0.05, 0) is 185 Å². The Hall–Kier alpha value is -7.48. The SMILES string of the molecule is COc1ccc(OC(=O)c2ccc(C(=O)Oc3ccc(OC)cc3)c(C(Br)CC(C)(C)C(=O)O[Si](C)(C)OC(=O)C(C)(C)CC(Br)c3cc(C(=O)Oc4ccc(OC)cc4)ccc3C(=O)Oc3ccc(OC)cc3)c2)cc1. The van der Waals surface area contributed by atoms with Crippen LogP contribution in [-0.2, 0) is 18.4 Å². The minimum absolute atomic E-state index is 0.0246. The standard InChI is InChI=1S/C58H58Br2O16Si/c1-57(2,33-49(59)47-31-35(51(61)71-41-21-13-37(67-5)14-22-41)11-29-45(47)53(63)73-43-25-17-39(69-7)18-26-43)55(65)75-77(9,10)76-56(66)58(3,4)34-50(60)48-32-36(52(62)72-42-23-15-38(68-6)16-24-42)12-30-46(48)54(64)74-44-27-19-40(70-8)20-28-44/h11-32,49-50H,33-34H2,1-10H3. The van der Waals surface area contributed by atoms with Gasteiger partial charge in [0.1, 0.15) is 46.0 Å². The molecule has 2 unspecified atom stereocenters. The van der Waals surface area contributed by atoms with Gasteiger partial charge in [0.05, 0.1) is 61.5 Å². The predicted octanol–water partition coefficient (Wildman–Crippen LogP) is 12.8. The molecule has 77 heavy (non-hydrogen) atoms. The second-order valence-corrected chi connectivity index (χ2v) is 24.6. The average Bonchev–Trinajstić information content (AvgIpc) is 3.41. The zero-order valence-corrected chi connectivity index (χ0v) is 48.2. The highest BCUT2D eigenvalue weighted by Gasteiger charge is 2.44. The van der Waals surface area contributed by atoms with Gasteiger partial charge in [-0.25, -0.2) is 19.2 Å². The zero-order chi connectivity index (χ0) is 56.2. The van der Waals surface area contributed by atoms with Crippen LogP contribution in [0.5, 0.6) is 46.0 Å². The first-order valence-corrected chi connectivity index (χ1v) is 28.6. The number of halogens is 2. The third-order valence-electron chi connectivity index (χ3n) is 11.9. The number of alkyl halides is 2. The van der Waals surface area contributed by atoms with E-state index in [-0.39, 0.29) is 58.1 Å². The normalized spacial score (nSPS) is 12.2. The van der Waals surface area contributed by atoms with Crippen LogP contribution in [0, 0.1) is 10.8 Å². The number of benzene rings is 6. The molecule has 0 heterocycles. The summed E-state index contributed by atoms with van der Waals surface area (Å²) in [5, 5.41) is 0. The molecule has 0 saturated carbocycles. The van der Waals surface area contributed by atoms with Crippen molar-refractivity contribution in [2.24, 2.45) is 10.8 Å². The molecule has 6 aromatic rings. The van der Waals surface area contributed by atoms with E-state index >= 15 is 0 Å². The van der Waals surface area contributed by atoms with Gasteiger partial charge < -0.3 is 46.7 Å². The summed E-state index contributed by atoms with van der Waals surface area (Å²) in [6.45, 7) is 9.69. The number of hydrogen-bond acceptors (Lipinski definition) is 16. The van der Waals surface area contributed by atoms with Gasteiger partial charge in [-0.3, -0.25) is 9.59 Å². The highest BCUT2D eigenvalue weighted by atomic mass is 79.9. The zero-order valence-electron chi connectivity index (χ0n) is 44.1. The topological polar surface area (TPSA) is 195 Å². The van der Waals surface area contributed by atoms with Crippen LogP contribution in [0.1, 0.15) is 103 Å². The molecule has 0 saturated heterocycles. The molecule has 0 N–H and O–H groups in total. The van der Waals surface area contributed by atoms with Gasteiger partial charge >= 0.3 is 44.4 Å². The monoisotopic (exact) mass is 1200 g/mol. The second-order valence-electron chi connectivity index (χ2n) is 19.2. The van der Waals surface area contributed by atoms with Crippen LogP contribution in [0.2, 0.25) is 13.1 Å². The molecule has 0 aliphatic carbocycles. The van der Waals surface area contributed by atoms with E-state index in [1.165, 1.54) is 64.8 Å². The summed E-state index contributed by atoms with van der Waals surface area (Å²) < 4.78 is 55.7. The second kappa shape index (κ2) is 25.6. The minimum Gasteiger partial charge on any atom is -0.497 e. The summed E-state index contributed by atoms with van der Waals surface area (Å²) in [7, 11) is 2.43. The fourth-order valence-corrected chi connectivity index (χ4v) is 11.4. The van der Waals surface area contributed by atoms with Crippen molar-refractivity contribution < 1.29 is 75.5 Å². The molecule has 0 spiro atoms. The Labute approximate surface area is 464 Å². The highest BCUT2D eigenvalue weighted by Crippen LogP contribution is 2.42. The van der Waals surface area contributed by atoms with Crippen LogP contribution in [-0.4, -0.2) is 72.8 Å². The van der Waals surface area contributed by atoms with Crippen LogP contribution in [0.15, 0.2) is 133 Å². The third kappa shape index (κ3) is 15.8. The summed E-state index contributed by atoms with van der Waals surface area (Å²) in [6, 6.07) is 34.5. The lowest BCUT2D eigenvalue weighted by Crippen LogP contribution is -2.46. The fourth-order valence-electron chi connectivity index (χ4n) is 7.53. The molecular weight excluding hydrogens is 1140 g/mol. The lowest BCUT2D eigenvalue weighted by Gasteiger charge is -2.33. The van der Waals surface area contributed by atoms with Gasteiger partial charge in [-0.1, -0.05) is 31.9 Å². The number of esters is 4. The molecule has 0 aliphatic heterocycles. The number of hydrogen-bond donors (Lipinski definition) is 0. The van der Waals surface area contributed by atoms with E-state index in [1.54, 1.807) is 138 Å². The molecule has 0 amide bonds. The highest BCUT2D eigenvalue weighted by molar-refractivity contribution is 9.09. The smallest absolute Gasteiger partial charge is 0.457 e. The van der Waals surface area contributed by atoms with Crippen molar-refractivity contribution in [3.63, 3.8) is 0 Å². The van der Waals surface area contributed by atoms with E-state index in [9.17, 15) is 28.8 Å². The first-order valence-electron chi connectivity index (χ1n) is 23.9. The Morgan fingerprint density at radius 2 is 0.649 bits per heavy atom. The lowest BCUT2D eigenvalue weighted by molar-refractivity contribution is -0.152. The average molecular weight is 1200 g/mol. The van der Waals surface area contributed by atoms with E-state index in [0.717, 1.165) is 0 Å². The predicted molar refractivity (Wildman–Crippen MR) is 294 cm³/mol. The molecule has 2 atom stereocenters. The molecule has 0 aromatic heterocycles. The molecular formula is C58H58Br2O16Si. The third-order valence-corrected chi connectivity index (χ3v) is 14.9. The van der Waals surface area contributed by atoms with Crippen LogP contribution in [0.25, 0.3) is 0 Å². The maximum atomic E-state index is 14.2. The first kappa shape index (κ1) is 58.8. The number of ether oxygens (including phenoxy) is 8. The maximum Gasteiger partial charge on any atom is 0.457 e. The molecule has 16 nitrogen and oxygen atoms in total. The fraction of sp³-hybridized carbons (Fsp3) is 0.276. The quantitative estimate of drug-likeness (QED) is 0.0269. The van der Waals surface area contributed by atoms with E-state index in [1.807, 2.05) is 0 Å². The summed E-state index contributed by atoms with van der Waals surface area (Å²) in [5.74, 6) is -1.02. The Balaban J connectivity index is 1.18. The van der Waals surface area contributed by atoms with Crippen molar-refractivity contribution in [3.05, 3.63) is 167 Å². The van der Waals surface area contributed by atoms with E-state index in [4.69, 9.17) is 46.7 Å². The molecule has 6 rings (SSSR count).